The Kier molecular flexibility index (Phi) is 3.16. The second kappa shape index (κ2) is 4.98. The fourth-order valence-corrected chi connectivity index (χ4v) is 2.19. The number of halogens is 1. The van der Waals surface area contributed by atoms with Gasteiger partial charge in [0.15, 0.2) is 5.69 Å². The van der Waals surface area contributed by atoms with E-state index in [1.165, 1.54) is 0 Å². The van der Waals surface area contributed by atoms with Crippen molar-refractivity contribution in [2.24, 2.45) is 10.2 Å². The lowest BCUT2D eigenvalue weighted by Crippen LogP contribution is -1.74. The Hall–Kier alpha value is -2.33. The molecule has 0 fully saturated rings. The van der Waals surface area contributed by atoms with E-state index in [4.69, 9.17) is 11.6 Å². The van der Waals surface area contributed by atoms with Crippen molar-refractivity contribution in [3.05, 3.63) is 53.1 Å². The quantitative estimate of drug-likeness (QED) is 0.621. The molecule has 0 saturated carbocycles. The van der Waals surface area contributed by atoms with Gasteiger partial charge in [-0.05, 0) is 30.7 Å². The third kappa shape index (κ3) is 2.14. The predicted octanol–water partition coefficient (Wildman–Crippen LogP) is 5.25. The Balaban J connectivity index is 2.07. The first-order valence-electron chi connectivity index (χ1n) is 6.13. The molecule has 4 nitrogen and oxygen atoms in total. The van der Waals surface area contributed by atoms with E-state index in [9.17, 15) is 5.11 Å². The Morgan fingerprint density at radius 3 is 2.70 bits per heavy atom. The summed E-state index contributed by atoms with van der Waals surface area (Å²) in [6.07, 6.45) is 0. The van der Waals surface area contributed by atoms with Crippen LogP contribution in [0, 0.1) is 6.92 Å². The van der Waals surface area contributed by atoms with E-state index in [1.54, 1.807) is 6.07 Å². The molecule has 0 aliphatic heterocycles. The van der Waals surface area contributed by atoms with Gasteiger partial charge in [-0.1, -0.05) is 35.9 Å². The molecule has 2 aromatic carbocycles. The molecule has 3 aromatic rings. The fraction of sp³-hybridized carbons (Fsp3) is 0.0667. The Morgan fingerprint density at radius 2 is 1.85 bits per heavy atom. The van der Waals surface area contributed by atoms with Crippen LogP contribution in [0.15, 0.2) is 52.7 Å². The number of aromatic hydroxyl groups is 1. The largest absolute Gasteiger partial charge is 0.493 e. The molecule has 0 aliphatic rings. The molecule has 5 heteroatoms. The maximum atomic E-state index is 9.90. The molecule has 3 rings (SSSR count). The van der Waals surface area contributed by atoms with Gasteiger partial charge in [0.25, 0.3) is 0 Å². The Labute approximate surface area is 120 Å². The lowest BCUT2D eigenvalue weighted by Gasteiger charge is -2.00. The molecule has 1 heterocycles. The molecule has 0 amide bonds. The van der Waals surface area contributed by atoms with Crippen LogP contribution in [0.3, 0.4) is 0 Å². The third-order valence-corrected chi connectivity index (χ3v) is 3.57. The summed E-state index contributed by atoms with van der Waals surface area (Å²) < 4.78 is 0. The predicted molar refractivity (Wildman–Crippen MR) is 80.3 cm³/mol. The van der Waals surface area contributed by atoms with Gasteiger partial charge in [0.2, 0.25) is 5.88 Å². The lowest BCUT2D eigenvalue weighted by atomic mass is 10.2. The van der Waals surface area contributed by atoms with Gasteiger partial charge in [-0.15, -0.1) is 5.11 Å². The molecule has 2 N–H and O–H groups in total. The fourth-order valence-electron chi connectivity index (χ4n) is 2.02. The first-order chi connectivity index (χ1) is 9.66. The first kappa shape index (κ1) is 12.7. The summed E-state index contributed by atoms with van der Waals surface area (Å²) in [5.41, 5.74) is 2.79. The number of rotatable bonds is 2. The van der Waals surface area contributed by atoms with Gasteiger partial charge >= 0.3 is 0 Å². The van der Waals surface area contributed by atoms with Crippen molar-refractivity contribution >= 4 is 33.9 Å². The van der Waals surface area contributed by atoms with Crippen molar-refractivity contribution in [2.45, 2.75) is 6.92 Å². The van der Waals surface area contributed by atoms with Gasteiger partial charge in [0.05, 0.1) is 11.2 Å². The van der Waals surface area contributed by atoms with Crippen molar-refractivity contribution < 1.29 is 5.11 Å². The van der Waals surface area contributed by atoms with E-state index >= 15 is 0 Å². The van der Waals surface area contributed by atoms with Gasteiger partial charge in [0, 0.05) is 10.4 Å². The number of para-hydroxylation sites is 1. The van der Waals surface area contributed by atoms with E-state index in [-0.39, 0.29) is 5.88 Å². The second-order valence-corrected chi connectivity index (χ2v) is 4.86. The minimum absolute atomic E-state index is 0.00892. The molecule has 20 heavy (non-hydrogen) atoms. The zero-order valence-electron chi connectivity index (χ0n) is 10.8. The summed E-state index contributed by atoms with van der Waals surface area (Å²) >= 11 is 6.04. The van der Waals surface area contributed by atoms with Crippen LogP contribution < -0.4 is 0 Å². The average Bonchev–Trinajstić information content (AvgIpc) is 2.76. The van der Waals surface area contributed by atoms with Gasteiger partial charge < -0.3 is 10.1 Å². The summed E-state index contributed by atoms with van der Waals surface area (Å²) in [5, 5.41) is 19.7. The van der Waals surface area contributed by atoms with E-state index < -0.39 is 0 Å². The van der Waals surface area contributed by atoms with Gasteiger partial charge in [-0.3, -0.25) is 0 Å². The van der Waals surface area contributed by atoms with Crippen LogP contribution in [0.2, 0.25) is 5.02 Å². The van der Waals surface area contributed by atoms with Crippen LogP contribution in [0.5, 0.6) is 5.88 Å². The summed E-state index contributed by atoms with van der Waals surface area (Å²) in [4.78, 5) is 2.87. The number of aromatic nitrogens is 1. The van der Waals surface area contributed by atoms with E-state index in [2.05, 4.69) is 15.2 Å². The highest BCUT2D eigenvalue weighted by Gasteiger charge is 2.09. The molecule has 0 aliphatic carbocycles. The molecule has 0 spiro atoms. The molecular weight excluding hydrogens is 274 g/mol. The van der Waals surface area contributed by atoms with Crippen molar-refractivity contribution in [3.8, 4) is 5.88 Å². The molecular formula is C15H12ClN3O. The molecule has 100 valence electrons. The number of hydrogen-bond acceptors (Lipinski definition) is 3. The number of nitrogens with one attached hydrogen (secondary N) is 1. The summed E-state index contributed by atoms with van der Waals surface area (Å²) in [6, 6.07) is 13.0. The number of nitrogens with zero attached hydrogens (tertiary/aromatic N) is 2. The highest BCUT2D eigenvalue weighted by atomic mass is 35.5. The monoisotopic (exact) mass is 285 g/mol. The zero-order chi connectivity index (χ0) is 14.1. The number of fused-ring (bicyclic) bond motifs is 1. The summed E-state index contributed by atoms with van der Waals surface area (Å²) in [5.74, 6) is 0.00892. The number of azo groups is 1. The highest BCUT2D eigenvalue weighted by molar-refractivity contribution is 6.31. The SMILES string of the molecule is Cc1c(Cl)cccc1N=Nc1c(O)[nH]c2ccccc12. The van der Waals surface area contributed by atoms with Crippen LogP contribution in [0.25, 0.3) is 10.9 Å². The van der Waals surface area contributed by atoms with E-state index in [0.717, 1.165) is 16.5 Å². The molecule has 0 unspecified atom stereocenters. The van der Waals surface area contributed by atoms with Gasteiger partial charge in [0.1, 0.15) is 0 Å². The normalized spacial score (nSPS) is 11.5. The van der Waals surface area contributed by atoms with Crippen LogP contribution in [-0.2, 0) is 0 Å². The highest BCUT2D eigenvalue weighted by Crippen LogP contribution is 2.36. The van der Waals surface area contributed by atoms with Crippen molar-refractivity contribution in [1.29, 1.82) is 0 Å². The van der Waals surface area contributed by atoms with Crippen molar-refractivity contribution in [3.63, 3.8) is 0 Å². The molecule has 0 saturated heterocycles. The number of aromatic amines is 1. The van der Waals surface area contributed by atoms with Gasteiger partial charge in [-0.2, -0.15) is 5.11 Å². The summed E-state index contributed by atoms with van der Waals surface area (Å²) in [6.45, 7) is 1.88. The molecule has 0 bridgehead atoms. The molecule has 1 aromatic heterocycles. The Bertz CT molecular complexity index is 808. The van der Waals surface area contributed by atoms with Crippen molar-refractivity contribution in [1.82, 2.24) is 4.98 Å². The van der Waals surface area contributed by atoms with Gasteiger partial charge in [-0.25, -0.2) is 0 Å². The summed E-state index contributed by atoms with van der Waals surface area (Å²) in [7, 11) is 0. The number of H-pyrrole nitrogens is 1. The molecule has 0 radical (unpaired) electrons. The van der Waals surface area contributed by atoms with E-state index in [0.29, 0.717) is 16.4 Å². The third-order valence-electron chi connectivity index (χ3n) is 3.16. The van der Waals surface area contributed by atoms with Crippen LogP contribution in [0.1, 0.15) is 5.56 Å². The minimum atomic E-state index is 0.00892. The number of hydrogen-bond donors (Lipinski definition) is 2. The smallest absolute Gasteiger partial charge is 0.218 e. The number of benzene rings is 2. The van der Waals surface area contributed by atoms with Crippen molar-refractivity contribution in [2.75, 3.05) is 0 Å². The minimum Gasteiger partial charge on any atom is -0.493 e. The first-order valence-corrected chi connectivity index (χ1v) is 6.51. The maximum Gasteiger partial charge on any atom is 0.218 e. The van der Waals surface area contributed by atoms with E-state index in [1.807, 2.05) is 43.3 Å². The zero-order valence-corrected chi connectivity index (χ0v) is 11.5. The Morgan fingerprint density at radius 1 is 1.05 bits per heavy atom. The van der Waals surface area contributed by atoms with Crippen LogP contribution >= 0.6 is 11.6 Å². The topological polar surface area (TPSA) is 60.7 Å². The second-order valence-electron chi connectivity index (χ2n) is 4.45. The standard InChI is InChI=1S/C15H12ClN3O/c1-9-11(16)6-4-8-12(9)18-19-14-10-5-2-3-7-13(10)17-15(14)20/h2-8,17,20H,1H3. The molecule has 0 atom stereocenters. The lowest BCUT2D eigenvalue weighted by molar-refractivity contribution is 0.459. The maximum absolute atomic E-state index is 9.90. The van der Waals surface area contributed by atoms with Crippen LogP contribution in [-0.4, -0.2) is 10.1 Å². The van der Waals surface area contributed by atoms with Crippen LogP contribution in [0.4, 0.5) is 11.4 Å². The average molecular weight is 286 g/mol.